The van der Waals surface area contributed by atoms with Crippen LogP contribution >= 0.6 is 0 Å². The lowest BCUT2D eigenvalue weighted by Crippen LogP contribution is -2.52. The molecule has 1 saturated heterocycles. The molecular weight excluding hydrogens is 482 g/mol. The summed E-state index contributed by atoms with van der Waals surface area (Å²) >= 11 is 0. The van der Waals surface area contributed by atoms with Crippen molar-refractivity contribution >= 4 is 12.1 Å². The number of halogens is 2. The van der Waals surface area contributed by atoms with Crippen LogP contribution in [-0.4, -0.2) is 68.0 Å². The number of hydrogen-bond donors (Lipinski definition) is 4. The second-order valence-electron chi connectivity index (χ2n) is 10.4. The number of nitrogens with one attached hydrogen (secondary N) is 3. The number of benzene rings is 1. The highest BCUT2D eigenvalue weighted by Gasteiger charge is 2.35. The summed E-state index contributed by atoms with van der Waals surface area (Å²) in [5.74, 6) is -1.56. The standard InChI is InChI=1S/C27H42F2N4O4/c1-18-10-11-22(28)24(29)23(18)25(37-14-12-31-27(35)36)20-9-6-13-33(17-20)26(34)32-21(16-30-2)15-19-7-4-3-5-8-19/h10-11,19-21,25,30-31H,3-9,12-17H2,1-2H3,(H,32,34)(H,35,36). The van der Waals surface area contributed by atoms with Gasteiger partial charge in [-0.1, -0.05) is 38.2 Å². The predicted octanol–water partition coefficient (Wildman–Crippen LogP) is 4.58. The Morgan fingerprint density at radius 1 is 1.16 bits per heavy atom. The van der Waals surface area contributed by atoms with Crippen molar-refractivity contribution in [3.05, 3.63) is 34.9 Å². The molecule has 37 heavy (non-hydrogen) atoms. The molecule has 1 aliphatic heterocycles. The number of carboxylic acid groups (broad SMARTS) is 1. The molecule has 3 amide bonds. The van der Waals surface area contributed by atoms with Crippen molar-refractivity contribution in [1.82, 2.24) is 20.9 Å². The number of likely N-dealkylation sites (N-methyl/N-ethyl adjacent to an activating group) is 1. The SMILES string of the molecule is CNCC(CC1CCCCC1)NC(=O)N1CCCC(C(OCCNC(=O)O)c2c(C)ccc(F)c2F)C1. The van der Waals surface area contributed by atoms with E-state index in [1.54, 1.807) is 11.8 Å². The maximum atomic E-state index is 15.0. The number of nitrogens with zero attached hydrogens (tertiary/aromatic N) is 1. The van der Waals surface area contributed by atoms with Gasteiger partial charge in [-0.25, -0.2) is 18.4 Å². The highest BCUT2D eigenvalue weighted by Crippen LogP contribution is 2.36. The van der Waals surface area contributed by atoms with E-state index in [4.69, 9.17) is 9.84 Å². The molecule has 4 N–H and O–H groups in total. The normalized spacial score (nSPS) is 20.3. The van der Waals surface area contributed by atoms with Gasteiger partial charge in [0.1, 0.15) is 0 Å². The van der Waals surface area contributed by atoms with Gasteiger partial charge < -0.3 is 30.7 Å². The van der Waals surface area contributed by atoms with Gasteiger partial charge in [-0.2, -0.15) is 0 Å². The minimum absolute atomic E-state index is 0.000683. The molecule has 0 bridgehead atoms. The fourth-order valence-corrected chi connectivity index (χ4v) is 5.78. The molecule has 8 nitrogen and oxygen atoms in total. The molecule has 0 spiro atoms. The first-order chi connectivity index (χ1) is 17.8. The van der Waals surface area contributed by atoms with Crippen LogP contribution in [0.4, 0.5) is 18.4 Å². The van der Waals surface area contributed by atoms with Gasteiger partial charge in [-0.3, -0.25) is 0 Å². The molecule has 1 heterocycles. The fourth-order valence-electron chi connectivity index (χ4n) is 5.78. The van der Waals surface area contributed by atoms with Gasteiger partial charge in [0.05, 0.1) is 12.7 Å². The number of likely N-dealkylation sites (tertiary alicyclic amines) is 1. The number of urea groups is 1. The van der Waals surface area contributed by atoms with E-state index < -0.39 is 23.8 Å². The lowest BCUT2D eigenvalue weighted by molar-refractivity contribution is -0.0112. The van der Waals surface area contributed by atoms with Gasteiger partial charge in [0.15, 0.2) is 11.6 Å². The zero-order chi connectivity index (χ0) is 26.8. The summed E-state index contributed by atoms with van der Waals surface area (Å²) in [6, 6.07) is 2.48. The second-order valence-corrected chi connectivity index (χ2v) is 10.4. The summed E-state index contributed by atoms with van der Waals surface area (Å²) in [7, 11) is 1.88. The quantitative estimate of drug-likeness (QED) is 0.318. The van der Waals surface area contributed by atoms with Gasteiger partial charge in [0.25, 0.3) is 0 Å². The number of amides is 3. The molecule has 0 radical (unpaired) electrons. The van der Waals surface area contributed by atoms with E-state index in [0.29, 0.717) is 44.0 Å². The molecule has 2 aliphatic rings. The van der Waals surface area contributed by atoms with Crippen LogP contribution in [0.15, 0.2) is 12.1 Å². The van der Waals surface area contributed by atoms with Crippen LogP contribution in [0.3, 0.4) is 0 Å². The third-order valence-corrected chi connectivity index (χ3v) is 7.60. The molecular formula is C27H42F2N4O4. The first-order valence-electron chi connectivity index (χ1n) is 13.5. The molecule has 0 aromatic heterocycles. The van der Waals surface area contributed by atoms with Gasteiger partial charge in [-0.05, 0) is 50.8 Å². The van der Waals surface area contributed by atoms with Crippen LogP contribution in [0.5, 0.6) is 0 Å². The minimum atomic E-state index is -1.18. The van der Waals surface area contributed by atoms with Crippen molar-refractivity contribution in [2.24, 2.45) is 11.8 Å². The van der Waals surface area contributed by atoms with Gasteiger partial charge in [0.2, 0.25) is 0 Å². The third kappa shape index (κ3) is 8.53. The maximum Gasteiger partial charge on any atom is 0.404 e. The number of aryl methyl sites for hydroxylation is 1. The lowest BCUT2D eigenvalue weighted by Gasteiger charge is -2.38. The highest BCUT2D eigenvalue weighted by atomic mass is 19.2. The summed E-state index contributed by atoms with van der Waals surface area (Å²) < 4.78 is 35.2. The topological polar surface area (TPSA) is 103 Å². The smallest absolute Gasteiger partial charge is 0.404 e. The monoisotopic (exact) mass is 524 g/mol. The number of hydrogen-bond acceptors (Lipinski definition) is 4. The molecule has 3 atom stereocenters. The fraction of sp³-hybridized carbons (Fsp3) is 0.704. The van der Waals surface area contributed by atoms with Crippen LogP contribution in [0.2, 0.25) is 0 Å². The number of ether oxygens (including phenoxy) is 1. The Hall–Kier alpha value is -2.46. The van der Waals surface area contributed by atoms with E-state index in [0.717, 1.165) is 12.5 Å². The van der Waals surface area contributed by atoms with E-state index in [9.17, 15) is 18.4 Å². The van der Waals surface area contributed by atoms with Gasteiger partial charge in [-0.15, -0.1) is 0 Å². The molecule has 1 aromatic carbocycles. The summed E-state index contributed by atoms with van der Waals surface area (Å²) in [4.78, 5) is 25.9. The molecule has 3 rings (SSSR count). The van der Waals surface area contributed by atoms with Crippen LogP contribution in [0, 0.1) is 30.4 Å². The Balaban J connectivity index is 1.70. The van der Waals surface area contributed by atoms with Gasteiger partial charge >= 0.3 is 12.1 Å². The summed E-state index contributed by atoms with van der Waals surface area (Å²) in [6.45, 7) is 3.33. The van der Waals surface area contributed by atoms with Crippen LogP contribution in [-0.2, 0) is 4.74 Å². The first-order valence-corrected chi connectivity index (χ1v) is 13.5. The highest BCUT2D eigenvalue weighted by molar-refractivity contribution is 5.74. The van der Waals surface area contributed by atoms with Crippen LogP contribution in [0.25, 0.3) is 0 Å². The molecule has 1 aliphatic carbocycles. The maximum absolute atomic E-state index is 15.0. The van der Waals surface area contributed by atoms with E-state index >= 15 is 0 Å². The van der Waals surface area contributed by atoms with E-state index in [-0.39, 0.29) is 36.7 Å². The number of carbonyl (C=O) groups is 2. The molecule has 208 valence electrons. The van der Waals surface area contributed by atoms with E-state index in [2.05, 4.69) is 16.0 Å². The zero-order valence-electron chi connectivity index (χ0n) is 22.0. The zero-order valence-corrected chi connectivity index (χ0v) is 22.0. The van der Waals surface area contributed by atoms with Crippen molar-refractivity contribution < 1.29 is 28.2 Å². The van der Waals surface area contributed by atoms with E-state index in [1.807, 2.05) is 7.05 Å². The van der Waals surface area contributed by atoms with Crippen LogP contribution < -0.4 is 16.0 Å². The third-order valence-electron chi connectivity index (χ3n) is 7.60. The van der Waals surface area contributed by atoms with E-state index in [1.165, 1.54) is 38.2 Å². The summed E-state index contributed by atoms with van der Waals surface area (Å²) in [6.07, 6.45) is 6.53. The van der Waals surface area contributed by atoms with Crippen molar-refractivity contribution in [3.8, 4) is 0 Å². The van der Waals surface area contributed by atoms with Crippen molar-refractivity contribution in [3.63, 3.8) is 0 Å². The van der Waals surface area contributed by atoms with Crippen LogP contribution in [0.1, 0.15) is 68.6 Å². The summed E-state index contributed by atoms with van der Waals surface area (Å²) in [5, 5.41) is 17.5. The average molecular weight is 525 g/mol. The predicted molar refractivity (Wildman–Crippen MR) is 138 cm³/mol. The largest absolute Gasteiger partial charge is 0.465 e. The molecule has 1 saturated carbocycles. The van der Waals surface area contributed by atoms with Gasteiger partial charge in [0, 0.05) is 43.7 Å². The van der Waals surface area contributed by atoms with Crippen molar-refractivity contribution in [2.75, 3.05) is 39.8 Å². The Kier molecular flexibility index (Phi) is 11.4. The minimum Gasteiger partial charge on any atom is -0.465 e. The number of rotatable bonds is 11. The Morgan fingerprint density at radius 3 is 2.62 bits per heavy atom. The molecule has 2 fully saturated rings. The first kappa shape index (κ1) is 29.1. The Bertz CT molecular complexity index is 897. The van der Waals surface area contributed by atoms with Crippen molar-refractivity contribution in [2.45, 2.75) is 70.4 Å². The second kappa shape index (κ2) is 14.5. The Morgan fingerprint density at radius 2 is 1.92 bits per heavy atom. The molecule has 10 heteroatoms. The lowest BCUT2D eigenvalue weighted by atomic mass is 9.84. The van der Waals surface area contributed by atoms with Crippen molar-refractivity contribution in [1.29, 1.82) is 0 Å². The molecule has 1 aromatic rings. The Labute approximate surface area is 218 Å². The average Bonchev–Trinajstić information content (AvgIpc) is 2.88. The summed E-state index contributed by atoms with van der Waals surface area (Å²) in [5.41, 5.74) is 0.686. The number of piperidine rings is 1. The number of carbonyl (C=O) groups excluding carboxylic acids is 1. The molecule has 3 unspecified atom stereocenters.